The lowest BCUT2D eigenvalue weighted by Crippen LogP contribution is -2.20. The topological polar surface area (TPSA) is 84.2 Å². The maximum atomic E-state index is 12.5. The van der Waals surface area contributed by atoms with Gasteiger partial charge in [-0.1, -0.05) is 11.6 Å². The van der Waals surface area contributed by atoms with E-state index in [2.05, 4.69) is 10.6 Å². The van der Waals surface area contributed by atoms with Crippen LogP contribution in [0.4, 0.5) is 29.3 Å². The van der Waals surface area contributed by atoms with Gasteiger partial charge in [0.05, 0.1) is 16.3 Å². The molecule has 0 radical (unpaired) electrons. The van der Waals surface area contributed by atoms with Crippen LogP contribution in [0.5, 0.6) is 0 Å². The van der Waals surface area contributed by atoms with E-state index in [-0.39, 0.29) is 22.0 Å². The van der Waals surface area contributed by atoms with Gasteiger partial charge in [0, 0.05) is 11.3 Å². The van der Waals surface area contributed by atoms with E-state index in [1.165, 1.54) is 18.2 Å². The van der Waals surface area contributed by atoms with E-state index in [1.807, 2.05) is 0 Å². The number of carbonyl (C=O) groups is 2. The second-order valence-electron chi connectivity index (χ2n) is 4.71. The van der Waals surface area contributed by atoms with Crippen LogP contribution in [0.3, 0.4) is 0 Å². The van der Waals surface area contributed by atoms with Gasteiger partial charge in [-0.15, -0.1) is 0 Å². The molecule has 2 aromatic carbocycles. The lowest BCUT2D eigenvalue weighted by molar-refractivity contribution is -0.137. The van der Waals surface area contributed by atoms with Gasteiger partial charge in [-0.25, -0.2) is 4.79 Å². The number of alkyl halides is 3. The van der Waals surface area contributed by atoms with Crippen LogP contribution in [0.1, 0.15) is 15.9 Å². The monoisotopic (exact) mass is 357 g/mol. The molecular formula is C15H11ClF3N3O2. The van der Waals surface area contributed by atoms with Crippen LogP contribution >= 0.6 is 11.6 Å². The van der Waals surface area contributed by atoms with Crippen molar-refractivity contribution in [2.45, 2.75) is 6.18 Å². The lowest BCUT2D eigenvalue weighted by atomic mass is 10.2. The van der Waals surface area contributed by atoms with E-state index >= 15 is 0 Å². The average Bonchev–Trinajstić information content (AvgIpc) is 2.48. The number of hydrogen-bond donors (Lipinski definition) is 3. The first-order valence-electron chi connectivity index (χ1n) is 6.51. The molecule has 2 aromatic rings. The van der Waals surface area contributed by atoms with E-state index in [0.717, 1.165) is 24.3 Å². The molecule has 0 saturated carbocycles. The summed E-state index contributed by atoms with van der Waals surface area (Å²) in [4.78, 5) is 23.0. The Morgan fingerprint density at radius 1 is 1.00 bits per heavy atom. The van der Waals surface area contributed by atoms with Gasteiger partial charge in [-0.3, -0.25) is 4.79 Å². The molecule has 0 aromatic heterocycles. The quantitative estimate of drug-likeness (QED) is 0.772. The highest BCUT2D eigenvalue weighted by Gasteiger charge is 2.29. The molecule has 0 unspecified atom stereocenters. The van der Waals surface area contributed by atoms with Gasteiger partial charge >= 0.3 is 12.2 Å². The molecule has 24 heavy (non-hydrogen) atoms. The summed E-state index contributed by atoms with van der Waals surface area (Å²) < 4.78 is 37.4. The van der Waals surface area contributed by atoms with E-state index in [4.69, 9.17) is 17.3 Å². The third-order valence-electron chi connectivity index (χ3n) is 2.97. The number of halogens is 4. The summed E-state index contributed by atoms with van der Waals surface area (Å²) in [5.41, 5.74) is 4.74. The Bertz CT molecular complexity index is 777. The van der Waals surface area contributed by atoms with Crippen LogP contribution < -0.4 is 16.4 Å². The minimum absolute atomic E-state index is 0.136. The molecule has 0 atom stereocenters. The van der Waals surface area contributed by atoms with Crippen LogP contribution in [-0.4, -0.2) is 11.9 Å². The summed E-state index contributed by atoms with van der Waals surface area (Å²) in [7, 11) is 0. The lowest BCUT2D eigenvalue weighted by Gasteiger charge is -2.11. The van der Waals surface area contributed by atoms with Crippen molar-refractivity contribution in [2.75, 3.05) is 10.6 Å². The summed E-state index contributed by atoms with van der Waals surface area (Å²) >= 11 is 5.90. The maximum Gasteiger partial charge on any atom is 0.416 e. The van der Waals surface area contributed by atoms with Crippen LogP contribution in [0.25, 0.3) is 0 Å². The van der Waals surface area contributed by atoms with Crippen molar-refractivity contribution >= 4 is 34.9 Å². The van der Waals surface area contributed by atoms with E-state index in [1.54, 1.807) is 0 Å². The second-order valence-corrected chi connectivity index (χ2v) is 5.12. The predicted molar refractivity (Wildman–Crippen MR) is 84.1 cm³/mol. The first-order chi connectivity index (χ1) is 11.2. The van der Waals surface area contributed by atoms with Crippen molar-refractivity contribution in [3.63, 3.8) is 0 Å². The zero-order chi connectivity index (χ0) is 17.9. The van der Waals surface area contributed by atoms with Crippen molar-refractivity contribution in [2.24, 2.45) is 5.73 Å². The summed E-state index contributed by atoms with van der Waals surface area (Å²) in [6, 6.07) is 7.24. The molecule has 126 valence electrons. The molecule has 0 spiro atoms. The SMILES string of the molecule is NC(=O)c1ccc(Cl)c(NC(=O)Nc2ccc(C(F)(F)F)cc2)c1. The third kappa shape index (κ3) is 4.39. The van der Waals surface area contributed by atoms with Crippen molar-refractivity contribution in [1.29, 1.82) is 0 Å². The Balaban J connectivity index is 2.08. The smallest absolute Gasteiger partial charge is 0.366 e. The summed E-state index contributed by atoms with van der Waals surface area (Å²) in [6.07, 6.45) is -4.45. The fraction of sp³-hybridized carbons (Fsp3) is 0.0667. The number of amides is 3. The predicted octanol–water partition coefficient (Wildman–Crippen LogP) is 4.10. The number of anilines is 2. The molecule has 2 rings (SSSR count). The number of benzene rings is 2. The standard InChI is InChI=1S/C15H11ClF3N3O2/c16-11-6-1-8(13(20)23)7-12(11)22-14(24)21-10-4-2-9(3-5-10)15(17,18)19/h1-7H,(H2,20,23)(H2,21,22,24). The van der Waals surface area contributed by atoms with Crippen LogP contribution in [0.2, 0.25) is 5.02 Å². The molecule has 0 saturated heterocycles. The Morgan fingerprint density at radius 2 is 1.62 bits per heavy atom. The summed E-state index contributed by atoms with van der Waals surface area (Å²) in [5.74, 6) is -0.696. The van der Waals surface area contributed by atoms with Gasteiger partial charge in [0.2, 0.25) is 5.91 Å². The maximum absolute atomic E-state index is 12.5. The van der Waals surface area contributed by atoms with Gasteiger partial charge in [0.25, 0.3) is 0 Å². The zero-order valence-electron chi connectivity index (χ0n) is 11.9. The summed E-state index contributed by atoms with van der Waals surface area (Å²) in [5, 5.41) is 4.91. The number of nitrogens with two attached hydrogens (primary N) is 1. The minimum Gasteiger partial charge on any atom is -0.366 e. The summed E-state index contributed by atoms with van der Waals surface area (Å²) in [6.45, 7) is 0. The van der Waals surface area contributed by atoms with Crippen LogP contribution in [0, 0.1) is 0 Å². The average molecular weight is 358 g/mol. The highest BCUT2D eigenvalue weighted by molar-refractivity contribution is 6.34. The Hall–Kier alpha value is -2.74. The molecule has 0 bridgehead atoms. The molecule has 9 heteroatoms. The van der Waals surface area contributed by atoms with Crippen molar-refractivity contribution in [3.05, 3.63) is 58.6 Å². The van der Waals surface area contributed by atoms with Crippen LogP contribution in [0.15, 0.2) is 42.5 Å². The molecule has 3 amide bonds. The van der Waals surface area contributed by atoms with E-state index in [9.17, 15) is 22.8 Å². The van der Waals surface area contributed by atoms with Gasteiger partial charge in [-0.05, 0) is 42.5 Å². The van der Waals surface area contributed by atoms with Gasteiger partial charge in [0.15, 0.2) is 0 Å². The second kappa shape index (κ2) is 6.79. The van der Waals surface area contributed by atoms with Crippen molar-refractivity contribution in [3.8, 4) is 0 Å². The largest absolute Gasteiger partial charge is 0.416 e. The van der Waals surface area contributed by atoms with E-state index in [0.29, 0.717) is 0 Å². The number of primary amides is 1. The first-order valence-corrected chi connectivity index (χ1v) is 6.89. The molecule has 0 aliphatic heterocycles. The molecule has 0 fully saturated rings. The number of nitrogens with one attached hydrogen (secondary N) is 2. The van der Waals surface area contributed by atoms with Crippen molar-refractivity contribution in [1.82, 2.24) is 0 Å². The Morgan fingerprint density at radius 3 is 2.17 bits per heavy atom. The Kier molecular flexibility index (Phi) is 4.99. The molecule has 5 nitrogen and oxygen atoms in total. The number of hydrogen-bond acceptors (Lipinski definition) is 2. The fourth-order valence-electron chi connectivity index (χ4n) is 1.80. The molecule has 0 aliphatic carbocycles. The van der Waals surface area contributed by atoms with Crippen molar-refractivity contribution < 1.29 is 22.8 Å². The first kappa shape index (κ1) is 17.6. The molecular weight excluding hydrogens is 347 g/mol. The molecule has 0 heterocycles. The molecule has 4 N–H and O–H groups in total. The zero-order valence-corrected chi connectivity index (χ0v) is 12.7. The van der Waals surface area contributed by atoms with E-state index < -0.39 is 23.7 Å². The molecule has 0 aliphatic rings. The number of carbonyl (C=O) groups excluding carboxylic acids is 2. The highest BCUT2D eigenvalue weighted by atomic mass is 35.5. The highest BCUT2D eigenvalue weighted by Crippen LogP contribution is 2.30. The normalized spacial score (nSPS) is 11.0. The van der Waals surface area contributed by atoms with Gasteiger partial charge in [0.1, 0.15) is 0 Å². The number of urea groups is 1. The van der Waals surface area contributed by atoms with Crippen LogP contribution in [-0.2, 0) is 6.18 Å². The van der Waals surface area contributed by atoms with Gasteiger partial charge < -0.3 is 16.4 Å². The van der Waals surface area contributed by atoms with Gasteiger partial charge in [-0.2, -0.15) is 13.2 Å². The number of rotatable bonds is 3. The fourth-order valence-corrected chi connectivity index (χ4v) is 1.97. The minimum atomic E-state index is -4.45. The Labute approximate surface area is 139 Å². The third-order valence-corrected chi connectivity index (χ3v) is 3.30.